The summed E-state index contributed by atoms with van der Waals surface area (Å²) in [6.45, 7) is 6.42. The number of sulfone groups is 1. The first kappa shape index (κ1) is 21.0. The average molecular weight is 431 g/mol. The molecule has 0 aliphatic carbocycles. The zero-order valence-corrected chi connectivity index (χ0v) is 18.8. The molecule has 30 heavy (non-hydrogen) atoms. The molecule has 0 unspecified atom stereocenters. The van der Waals surface area contributed by atoms with Crippen LogP contribution in [0.25, 0.3) is 10.9 Å². The van der Waals surface area contributed by atoms with E-state index in [0.717, 1.165) is 56.4 Å². The van der Waals surface area contributed by atoms with Crippen molar-refractivity contribution in [1.82, 2.24) is 14.9 Å². The number of fused-ring (bicyclic) bond motifs is 1. The van der Waals surface area contributed by atoms with Gasteiger partial charge in [-0.25, -0.2) is 18.4 Å². The van der Waals surface area contributed by atoms with Crippen LogP contribution in [-0.4, -0.2) is 61.1 Å². The zero-order chi connectivity index (χ0) is 21.5. The highest BCUT2D eigenvalue weighted by Crippen LogP contribution is 2.28. The van der Waals surface area contributed by atoms with Crippen molar-refractivity contribution >= 4 is 32.6 Å². The van der Waals surface area contributed by atoms with Crippen LogP contribution in [0, 0.1) is 12.8 Å². The quantitative estimate of drug-likeness (QED) is 0.744. The average Bonchev–Trinajstić information content (AvgIpc) is 2.72. The molecule has 2 fully saturated rings. The fourth-order valence-electron chi connectivity index (χ4n) is 4.61. The highest BCUT2D eigenvalue weighted by Gasteiger charge is 2.32. The highest BCUT2D eigenvalue weighted by atomic mass is 32.2. The molecule has 2 aliphatic heterocycles. The number of likely N-dealkylation sites (tertiary alicyclic amines) is 1. The fraction of sp³-hybridized carbons (Fsp3) is 0.591. The van der Waals surface area contributed by atoms with Gasteiger partial charge >= 0.3 is 0 Å². The molecule has 0 radical (unpaired) electrons. The van der Waals surface area contributed by atoms with E-state index in [1.54, 1.807) is 18.2 Å². The first-order valence-corrected chi connectivity index (χ1v) is 12.7. The fourth-order valence-corrected chi connectivity index (χ4v) is 5.25. The lowest BCUT2D eigenvalue weighted by Crippen LogP contribution is -2.48. The third-order valence-corrected chi connectivity index (χ3v) is 7.60. The van der Waals surface area contributed by atoms with E-state index in [0.29, 0.717) is 23.4 Å². The van der Waals surface area contributed by atoms with Gasteiger partial charge in [0.15, 0.2) is 9.84 Å². The number of rotatable bonds is 3. The Kier molecular flexibility index (Phi) is 5.70. The SMILES string of the molecule is Cc1nc(N2CCC(C(=O)N3CCCC[C@@H]3C)CC2)nc2cc(S(C)(=O)=O)ccc12. The lowest BCUT2D eigenvalue weighted by Gasteiger charge is -2.38. The molecule has 162 valence electrons. The van der Waals surface area contributed by atoms with E-state index >= 15 is 0 Å². The van der Waals surface area contributed by atoms with Crippen molar-refractivity contribution in [2.45, 2.75) is 56.9 Å². The molecule has 1 aromatic heterocycles. The van der Waals surface area contributed by atoms with Gasteiger partial charge in [0.05, 0.1) is 16.1 Å². The van der Waals surface area contributed by atoms with Crippen LogP contribution >= 0.6 is 0 Å². The van der Waals surface area contributed by atoms with Crippen LogP contribution in [0.15, 0.2) is 23.1 Å². The molecule has 1 atom stereocenters. The lowest BCUT2D eigenvalue weighted by molar-refractivity contribution is -0.139. The largest absolute Gasteiger partial charge is 0.341 e. The summed E-state index contributed by atoms with van der Waals surface area (Å²) in [5.74, 6) is 0.985. The van der Waals surface area contributed by atoms with E-state index in [1.165, 1.54) is 12.7 Å². The second-order valence-corrected chi connectivity index (χ2v) is 10.7. The minimum absolute atomic E-state index is 0.0696. The van der Waals surface area contributed by atoms with Crippen molar-refractivity contribution in [1.29, 1.82) is 0 Å². The van der Waals surface area contributed by atoms with Crippen LogP contribution in [-0.2, 0) is 14.6 Å². The van der Waals surface area contributed by atoms with E-state index in [4.69, 9.17) is 0 Å². The van der Waals surface area contributed by atoms with Crippen molar-refractivity contribution in [3.8, 4) is 0 Å². The van der Waals surface area contributed by atoms with E-state index in [2.05, 4.69) is 26.7 Å². The Morgan fingerprint density at radius 3 is 2.47 bits per heavy atom. The minimum Gasteiger partial charge on any atom is -0.341 e. The van der Waals surface area contributed by atoms with E-state index in [-0.39, 0.29) is 10.8 Å². The van der Waals surface area contributed by atoms with Crippen LogP contribution in [0.2, 0.25) is 0 Å². The van der Waals surface area contributed by atoms with E-state index in [1.807, 2.05) is 6.92 Å². The monoisotopic (exact) mass is 430 g/mol. The number of carbonyl (C=O) groups is 1. The summed E-state index contributed by atoms with van der Waals surface area (Å²) in [5.41, 5.74) is 1.47. The molecular weight excluding hydrogens is 400 g/mol. The van der Waals surface area contributed by atoms with Crippen LogP contribution < -0.4 is 4.90 Å². The number of nitrogens with zero attached hydrogens (tertiary/aromatic N) is 4. The molecule has 0 spiro atoms. The van der Waals surface area contributed by atoms with Crippen molar-refractivity contribution in [3.05, 3.63) is 23.9 Å². The number of piperidine rings is 2. The second kappa shape index (κ2) is 8.13. The van der Waals surface area contributed by atoms with Gasteiger partial charge in [-0.2, -0.15) is 0 Å². The third kappa shape index (κ3) is 4.15. The Hall–Kier alpha value is -2.22. The Morgan fingerprint density at radius 1 is 1.07 bits per heavy atom. The Morgan fingerprint density at radius 2 is 1.80 bits per heavy atom. The summed E-state index contributed by atoms with van der Waals surface area (Å²) < 4.78 is 23.8. The number of amides is 1. The maximum atomic E-state index is 13.0. The van der Waals surface area contributed by atoms with Crippen LogP contribution in [0.5, 0.6) is 0 Å². The molecule has 2 aromatic rings. The number of hydrogen-bond donors (Lipinski definition) is 0. The van der Waals surface area contributed by atoms with Gasteiger partial charge in [-0.05, 0) is 64.2 Å². The molecule has 0 bridgehead atoms. The summed E-state index contributed by atoms with van der Waals surface area (Å²) in [7, 11) is -3.29. The first-order chi connectivity index (χ1) is 14.2. The van der Waals surface area contributed by atoms with Gasteiger partial charge < -0.3 is 9.80 Å². The lowest BCUT2D eigenvalue weighted by atomic mass is 9.93. The Balaban J connectivity index is 1.51. The molecule has 1 amide bonds. The van der Waals surface area contributed by atoms with Crippen LogP contribution in [0.4, 0.5) is 5.95 Å². The Labute approximate surface area is 178 Å². The van der Waals surface area contributed by atoms with Gasteiger partial charge in [0.2, 0.25) is 11.9 Å². The number of aromatic nitrogens is 2. The maximum absolute atomic E-state index is 13.0. The van der Waals surface area contributed by atoms with E-state index in [9.17, 15) is 13.2 Å². The summed E-state index contributed by atoms with van der Waals surface area (Å²) in [6, 6.07) is 5.35. The Bertz CT molecular complexity index is 1060. The number of anilines is 1. The topological polar surface area (TPSA) is 83.5 Å². The van der Waals surface area contributed by atoms with Crippen molar-refractivity contribution in [2.75, 3.05) is 30.8 Å². The van der Waals surface area contributed by atoms with Crippen molar-refractivity contribution < 1.29 is 13.2 Å². The standard InChI is InChI=1S/C22H30N4O3S/c1-15-6-4-5-11-26(15)21(27)17-9-12-25(13-10-17)22-23-16(2)19-8-7-18(30(3,28)29)14-20(19)24-22/h7-8,14-15,17H,4-6,9-13H2,1-3H3/t15-/m0/s1. The number of hydrogen-bond acceptors (Lipinski definition) is 6. The van der Waals surface area contributed by atoms with Crippen molar-refractivity contribution in [2.24, 2.45) is 5.92 Å². The minimum atomic E-state index is -3.29. The van der Waals surface area contributed by atoms with Gasteiger partial charge in [-0.1, -0.05) is 0 Å². The number of benzene rings is 1. The first-order valence-electron chi connectivity index (χ1n) is 10.8. The number of aryl methyl sites for hydroxylation is 1. The molecule has 2 saturated heterocycles. The van der Waals surface area contributed by atoms with E-state index < -0.39 is 9.84 Å². The maximum Gasteiger partial charge on any atom is 0.226 e. The van der Waals surface area contributed by atoms with Gasteiger partial charge in [-0.3, -0.25) is 4.79 Å². The van der Waals surface area contributed by atoms with Gasteiger partial charge in [0, 0.05) is 43.2 Å². The predicted molar refractivity (Wildman–Crippen MR) is 117 cm³/mol. The molecule has 4 rings (SSSR count). The predicted octanol–water partition coefficient (Wildman–Crippen LogP) is 2.96. The molecule has 0 saturated carbocycles. The summed E-state index contributed by atoms with van der Waals surface area (Å²) in [5, 5.41) is 0.857. The second-order valence-electron chi connectivity index (χ2n) is 8.70. The smallest absolute Gasteiger partial charge is 0.226 e. The molecule has 1 aromatic carbocycles. The number of carbonyl (C=O) groups excluding carboxylic acids is 1. The van der Waals surface area contributed by atoms with Crippen molar-refractivity contribution in [3.63, 3.8) is 0 Å². The molecule has 8 heteroatoms. The summed E-state index contributed by atoms with van der Waals surface area (Å²) in [6.07, 6.45) is 6.22. The molecule has 7 nitrogen and oxygen atoms in total. The van der Waals surface area contributed by atoms with Gasteiger partial charge in [-0.15, -0.1) is 0 Å². The molecule has 0 N–H and O–H groups in total. The summed E-state index contributed by atoms with van der Waals surface area (Å²) in [4.78, 5) is 26.8. The molecule has 3 heterocycles. The molecular formula is C22H30N4O3S. The summed E-state index contributed by atoms with van der Waals surface area (Å²) >= 11 is 0. The third-order valence-electron chi connectivity index (χ3n) is 6.49. The molecule has 2 aliphatic rings. The van der Waals surface area contributed by atoms with Gasteiger partial charge in [0.25, 0.3) is 0 Å². The van der Waals surface area contributed by atoms with Crippen LogP contribution in [0.1, 0.15) is 44.7 Å². The highest BCUT2D eigenvalue weighted by molar-refractivity contribution is 7.90. The zero-order valence-electron chi connectivity index (χ0n) is 18.0. The van der Waals surface area contributed by atoms with Crippen LogP contribution in [0.3, 0.4) is 0 Å². The van der Waals surface area contributed by atoms with Gasteiger partial charge in [0.1, 0.15) is 0 Å². The normalized spacial score (nSPS) is 21.2.